The average molecular weight is 500 g/mol. The molecule has 0 saturated carbocycles. The molecule has 4 aromatic rings. The van der Waals surface area contributed by atoms with E-state index in [4.69, 9.17) is 11.6 Å². The van der Waals surface area contributed by atoms with E-state index in [2.05, 4.69) is 8.75 Å². The quantitative estimate of drug-likeness (QED) is 0.436. The van der Waals surface area contributed by atoms with Crippen molar-refractivity contribution in [3.05, 3.63) is 81.9 Å². The molecule has 10 heteroatoms. The zero-order chi connectivity index (χ0) is 23.5. The number of aromatic nitrogens is 2. The Morgan fingerprint density at radius 2 is 1.76 bits per heavy atom. The molecular weight excluding hydrogens is 482 g/mol. The highest BCUT2D eigenvalue weighted by Crippen LogP contribution is 2.46. The van der Waals surface area contributed by atoms with Crippen molar-refractivity contribution in [2.24, 2.45) is 0 Å². The van der Waals surface area contributed by atoms with Crippen LogP contribution in [0.2, 0.25) is 5.02 Å². The average Bonchev–Trinajstić information content (AvgIpc) is 3.24. The van der Waals surface area contributed by atoms with Crippen molar-refractivity contribution in [2.75, 3.05) is 4.31 Å². The molecule has 5 rings (SSSR count). The number of benzene rings is 3. The maximum Gasteiger partial charge on any atom is 0.328 e. The molecule has 0 radical (unpaired) electrons. The minimum absolute atomic E-state index is 0.0720. The van der Waals surface area contributed by atoms with Crippen LogP contribution >= 0.6 is 23.3 Å². The van der Waals surface area contributed by atoms with Gasteiger partial charge in [0.15, 0.2) is 6.04 Å². The summed E-state index contributed by atoms with van der Waals surface area (Å²) < 4.78 is 37.2. The van der Waals surface area contributed by atoms with Crippen LogP contribution in [-0.4, -0.2) is 34.3 Å². The van der Waals surface area contributed by atoms with E-state index in [-0.39, 0.29) is 4.90 Å². The Kier molecular flexibility index (Phi) is 5.15. The summed E-state index contributed by atoms with van der Waals surface area (Å²) in [5.41, 5.74) is 3.74. The maximum absolute atomic E-state index is 13.9. The number of aryl methyl sites for hydroxylation is 2. The summed E-state index contributed by atoms with van der Waals surface area (Å²) in [5.74, 6) is -2.07. The number of hydrogen-bond acceptors (Lipinski definition) is 6. The number of nitrogens with zero attached hydrogens (tertiary/aromatic N) is 3. The fourth-order valence-electron chi connectivity index (χ4n) is 4.60. The number of carboxylic acid groups (broad SMARTS) is 1. The molecule has 1 N–H and O–H groups in total. The van der Waals surface area contributed by atoms with Crippen molar-refractivity contribution in [1.29, 1.82) is 0 Å². The number of sulfonamides is 1. The Bertz CT molecular complexity index is 1510. The number of carbonyl (C=O) groups is 1. The van der Waals surface area contributed by atoms with Gasteiger partial charge in [-0.1, -0.05) is 48.0 Å². The van der Waals surface area contributed by atoms with E-state index in [0.717, 1.165) is 16.0 Å². The minimum atomic E-state index is -4.16. The van der Waals surface area contributed by atoms with Gasteiger partial charge in [-0.15, -0.1) is 0 Å². The zero-order valence-corrected chi connectivity index (χ0v) is 19.9. The van der Waals surface area contributed by atoms with Crippen LogP contribution in [0.15, 0.2) is 59.5 Å². The van der Waals surface area contributed by atoms with Gasteiger partial charge < -0.3 is 5.11 Å². The molecule has 1 aliphatic heterocycles. The molecule has 0 spiro atoms. The van der Waals surface area contributed by atoms with E-state index in [1.165, 1.54) is 6.07 Å². The molecule has 0 amide bonds. The third-order valence-electron chi connectivity index (χ3n) is 5.97. The van der Waals surface area contributed by atoms with Crippen LogP contribution in [0.3, 0.4) is 0 Å². The number of hydrogen-bond donors (Lipinski definition) is 1. The number of para-hydroxylation sites is 1. The van der Waals surface area contributed by atoms with Gasteiger partial charge in [-0.25, -0.2) is 13.2 Å². The van der Waals surface area contributed by atoms with Gasteiger partial charge in [-0.05, 0) is 54.3 Å². The highest BCUT2D eigenvalue weighted by Gasteiger charge is 2.49. The predicted molar refractivity (Wildman–Crippen MR) is 128 cm³/mol. The third kappa shape index (κ3) is 3.30. The van der Waals surface area contributed by atoms with E-state index in [1.54, 1.807) is 56.3 Å². The Labute approximate surface area is 199 Å². The highest BCUT2D eigenvalue weighted by atomic mass is 35.5. The fourth-order valence-corrected chi connectivity index (χ4v) is 7.45. The van der Waals surface area contributed by atoms with Crippen LogP contribution < -0.4 is 4.31 Å². The minimum Gasteiger partial charge on any atom is -0.480 e. The Balaban J connectivity index is 1.87. The first kappa shape index (κ1) is 21.8. The van der Waals surface area contributed by atoms with Gasteiger partial charge in [-0.2, -0.15) is 8.75 Å². The van der Waals surface area contributed by atoms with Gasteiger partial charge in [0.25, 0.3) is 10.0 Å². The first-order valence-corrected chi connectivity index (χ1v) is 12.6. The van der Waals surface area contributed by atoms with E-state index in [1.807, 2.05) is 6.07 Å². The summed E-state index contributed by atoms with van der Waals surface area (Å²) in [7, 11) is -4.16. The first-order chi connectivity index (χ1) is 15.7. The largest absolute Gasteiger partial charge is 0.480 e. The molecular formula is C23H18ClN3O4S2. The molecule has 0 saturated heterocycles. The number of anilines is 1. The van der Waals surface area contributed by atoms with E-state index in [0.29, 0.717) is 44.0 Å². The lowest BCUT2D eigenvalue weighted by atomic mass is 9.84. The SMILES string of the molecule is Cc1cccc(C)c1N1C(C(=O)O)C(c2cc(Cl)c3nsnc3c2)c2ccccc2S1(=O)=O. The molecule has 0 bridgehead atoms. The van der Waals surface area contributed by atoms with Crippen molar-refractivity contribution in [1.82, 2.24) is 8.75 Å². The van der Waals surface area contributed by atoms with Crippen molar-refractivity contribution in [3.8, 4) is 0 Å². The lowest BCUT2D eigenvalue weighted by Crippen LogP contribution is -2.53. The second-order valence-corrected chi connectivity index (χ2v) is 10.7. The van der Waals surface area contributed by atoms with Gasteiger partial charge in [0.2, 0.25) is 0 Å². The molecule has 1 aromatic heterocycles. The molecule has 2 heterocycles. The summed E-state index contributed by atoms with van der Waals surface area (Å²) in [6.45, 7) is 3.55. The summed E-state index contributed by atoms with van der Waals surface area (Å²) in [4.78, 5) is 12.8. The lowest BCUT2D eigenvalue weighted by molar-refractivity contribution is -0.138. The van der Waals surface area contributed by atoms with Gasteiger partial charge in [0.05, 0.1) is 27.3 Å². The van der Waals surface area contributed by atoms with Gasteiger partial charge in [0, 0.05) is 5.92 Å². The van der Waals surface area contributed by atoms with Gasteiger partial charge in [-0.3, -0.25) is 4.31 Å². The van der Waals surface area contributed by atoms with Crippen LogP contribution in [0.5, 0.6) is 0 Å². The normalized spacial score (nSPS) is 19.4. The van der Waals surface area contributed by atoms with Crippen molar-refractivity contribution in [2.45, 2.75) is 30.7 Å². The van der Waals surface area contributed by atoms with Crippen molar-refractivity contribution < 1.29 is 18.3 Å². The number of aliphatic carboxylic acids is 1. The van der Waals surface area contributed by atoms with Crippen molar-refractivity contribution >= 4 is 56.0 Å². The standard InChI is InChI=1S/C23H18ClN3O4S2/c1-12-6-5-7-13(2)21(12)27-22(23(28)29)19(15-8-3-4-9-18(15)33(27,30)31)14-10-16(24)20-17(11-14)25-32-26-20/h3-11,19,22H,1-2H3,(H,28,29). The van der Waals surface area contributed by atoms with Crippen LogP contribution in [0, 0.1) is 13.8 Å². The van der Waals surface area contributed by atoms with Gasteiger partial charge in [0.1, 0.15) is 11.0 Å². The maximum atomic E-state index is 13.9. The summed E-state index contributed by atoms with van der Waals surface area (Å²) in [5, 5.41) is 10.8. The number of halogens is 1. The molecule has 0 fully saturated rings. The molecule has 0 aliphatic carbocycles. The smallest absolute Gasteiger partial charge is 0.328 e. The molecule has 33 heavy (non-hydrogen) atoms. The molecule has 3 aromatic carbocycles. The van der Waals surface area contributed by atoms with Crippen molar-refractivity contribution in [3.63, 3.8) is 0 Å². The Morgan fingerprint density at radius 1 is 1.06 bits per heavy atom. The lowest BCUT2D eigenvalue weighted by Gasteiger charge is -2.41. The van der Waals surface area contributed by atoms with E-state index >= 15 is 0 Å². The number of fused-ring (bicyclic) bond motifs is 2. The van der Waals surface area contributed by atoms with Crippen LogP contribution in [-0.2, 0) is 14.8 Å². The molecule has 2 unspecified atom stereocenters. The Hall–Kier alpha value is -3.01. The van der Waals surface area contributed by atoms with E-state index < -0.39 is 28.0 Å². The Morgan fingerprint density at radius 3 is 2.45 bits per heavy atom. The van der Waals surface area contributed by atoms with Crippen LogP contribution in [0.1, 0.15) is 28.2 Å². The second kappa shape index (κ2) is 7.79. The molecule has 168 valence electrons. The zero-order valence-electron chi connectivity index (χ0n) is 17.6. The third-order valence-corrected chi connectivity index (χ3v) is 8.65. The predicted octanol–water partition coefficient (Wildman–Crippen LogP) is 4.76. The number of rotatable bonds is 3. The fraction of sp³-hybridized carbons (Fsp3) is 0.174. The monoisotopic (exact) mass is 499 g/mol. The summed E-state index contributed by atoms with van der Waals surface area (Å²) in [6.07, 6.45) is 0. The molecule has 1 aliphatic rings. The second-order valence-electron chi connectivity index (χ2n) is 7.97. The van der Waals surface area contributed by atoms with Crippen LogP contribution in [0.25, 0.3) is 11.0 Å². The van der Waals surface area contributed by atoms with Crippen LogP contribution in [0.4, 0.5) is 5.69 Å². The number of carboxylic acids is 1. The highest BCUT2D eigenvalue weighted by molar-refractivity contribution is 7.93. The first-order valence-electron chi connectivity index (χ1n) is 10.1. The summed E-state index contributed by atoms with van der Waals surface area (Å²) in [6, 6.07) is 13.9. The molecule has 2 atom stereocenters. The van der Waals surface area contributed by atoms with E-state index in [9.17, 15) is 18.3 Å². The topological polar surface area (TPSA) is 100 Å². The van der Waals surface area contributed by atoms with Gasteiger partial charge >= 0.3 is 5.97 Å². The molecule has 7 nitrogen and oxygen atoms in total. The summed E-state index contributed by atoms with van der Waals surface area (Å²) >= 11 is 7.47.